The minimum absolute atomic E-state index is 0.0380. The molecular formula is C20H18Cl2N2O5. The predicted octanol–water partition coefficient (Wildman–Crippen LogP) is 4.63. The van der Waals surface area contributed by atoms with Gasteiger partial charge in [0, 0.05) is 35.8 Å². The number of non-ortho nitro benzene ring substituents is 1. The molecule has 0 amide bonds. The molecule has 2 aliphatic rings. The Balaban J connectivity index is 1.59. The van der Waals surface area contributed by atoms with Crippen LogP contribution in [0.15, 0.2) is 48.2 Å². The monoisotopic (exact) mass is 436 g/mol. The number of hydrogen-bond donors (Lipinski definition) is 0. The number of nitro groups is 1. The first-order valence-electron chi connectivity index (χ1n) is 9.09. The second-order valence-corrected chi connectivity index (χ2v) is 7.47. The molecule has 29 heavy (non-hydrogen) atoms. The van der Waals surface area contributed by atoms with Gasteiger partial charge in [-0.2, -0.15) is 0 Å². The van der Waals surface area contributed by atoms with Gasteiger partial charge >= 0.3 is 0 Å². The van der Waals surface area contributed by atoms with Crippen molar-refractivity contribution in [2.45, 2.75) is 6.04 Å². The number of halogens is 2. The van der Waals surface area contributed by atoms with E-state index >= 15 is 0 Å². The van der Waals surface area contributed by atoms with E-state index in [1.807, 2.05) is 6.08 Å². The van der Waals surface area contributed by atoms with Crippen LogP contribution >= 0.6 is 23.2 Å². The van der Waals surface area contributed by atoms with E-state index in [2.05, 4.69) is 4.90 Å². The van der Waals surface area contributed by atoms with Crippen LogP contribution < -0.4 is 9.47 Å². The fraction of sp³-hybridized carbons (Fsp3) is 0.300. The zero-order valence-corrected chi connectivity index (χ0v) is 16.9. The lowest BCUT2D eigenvalue weighted by molar-refractivity contribution is -0.384. The van der Waals surface area contributed by atoms with E-state index in [0.717, 1.165) is 5.56 Å². The largest absolute Gasteiger partial charge is 0.488 e. The molecule has 152 valence electrons. The summed E-state index contributed by atoms with van der Waals surface area (Å²) in [5, 5.41) is 12.2. The summed E-state index contributed by atoms with van der Waals surface area (Å²) in [4.78, 5) is 13.0. The molecule has 2 aromatic rings. The van der Waals surface area contributed by atoms with Gasteiger partial charge in [-0.1, -0.05) is 23.2 Å². The van der Waals surface area contributed by atoms with Gasteiger partial charge in [-0.3, -0.25) is 15.0 Å². The first-order valence-corrected chi connectivity index (χ1v) is 9.84. The number of ether oxygens (including phenoxy) is 3. The predicted molar refractivity (Wildman–Crippen MR) is 109 cm³/mol. The van der Waals surface area contributed by atoms with Gasteiger partial charge in [0.15, 0.2) is 0 Å². The number of morpholine rings is 1. The van der Waals surface area contributed by atoms with E-state index in [9.17, 15) is 10.1 Å². The van der Waals surface area contributed by atoms with E-state index in [4.69, 9.17) is 37.4 Å². The van der Waals surface area contributed by atoms with Crippen molar-refractivity contribution in [2.75, 3.05) is 32.9 Å². The molecule has 0 aliphatic carbocycles. The van der Waals surface area contributed by atoms with E-state index < -0.39 is 4.92 Å². The average molecular weight is 437 g/mol. The van der Waals surface area contributed by atoms with E-state index in [0.29, 0.717) is 53.6 Å². The van der Waals surface area contributed by atoms with Gasteiger partial charge in [0.25, 0.3) is 5.69 Å². The van der Waals surface area contributed by atoms with Crippen LogP contribution in [0.25, 0.3) is 0 Å². The molecule has 1 fully saturated rings. The Morgan fingerprint density at radius 2 is 2.00 bits per heavy atom. The van der Waals surface area contributed by atoms with Gasteiger partial charge in [0.2, 0.25) is 0 Å². The lowest BCUT2D eigenvalue weighted by atomic mass is 10.0. The summed E-state index contributed by atoms with van der Waals surface area (Å²) < 4.78 is 17.2. The van der Waals surface area contributed by atoms with Crippen molar-refractivity contribution in [1.29, 1.82) is 0 Å². The first kappa shape index (κ1) is 20.0. The molecular weight excluding hydrogens is 419 g/mol. The lowest BCUT2D eigenvalue weighted by Gasteiger charge is -2.32. The number of nitrogens with zero attached hydrogens (tertiary/aromatic N) is 2. The zero-order chi connectivity index (χ0) is 20.4. The van der Waals surface area contributed by atoms with E-state index in [1.54, 1.807) is 30.3 Å². The molecule has 0 spiro atoms. The normalized spacial score (nSPS) is 20.3. The number of nitro benzene ring substituents is 1. The Labute approximate surface area is 177 Å². The molecule has 0 saturated carbocycles. The zero-order valence-electron chi connectivity index (χ0n) is 15.3. The van der Waals surface area contributed by atoms with E-state index in [-0.39, 0.29) is 18.3 Å². The SMILES string of the molecule is O=[N+]([O-])c1ccc2c(c1)[C@H](N1CCOCC1)/C(=C/COc1ccc(Cl)cc1Cl)O2. The second-order valence-electron chi connectivity index (χ2n) is 6.62. The maximum Gasteiger partial charge on any atom is 0.270 e. The van der Waals surface area contributed by atoms with Crippen molar-refractivity contribution in [3.05, 3.63) is 74.0 Å². The topological polar surface area (TPSA) is 74.1 Å². The van der Waals surface area contributed by atoms with Crippen molar-refractivity contribution in [3.63, 3.8) is 0 Å². The molecule has 1 saturated heterocycles. The summed E-state index contributed by atoms with van der Waals surface area (Å²) in [7, 11) is 0. The van der Waals surface area contributed by atoms with Crippen LogP contribution in [0.4, 0.5) is 5.69 Å². The Bertz CT molecular complexity index is 960. The standard InChI is InChI=1S/C20H18Cl2N2O5/c21-13-1-3-18(16(22)11-13)28-8-5-19-20(23-6-9-27-10-7-23)15-12-14(24(25)26)2-4-17(15)29-19/h1-5,11-12,20H,6-10H2/b19-5-/t20-/m0/s1. The number of rotatable bonds is 5. The van der Waals surface area contributed by atoms with Crippen molar-refractivity contribution in [3.8, 4) is 11.5 Å². The summed E-state index contributed by atoms with van der Waals surface area (Å²) in [6.07, 6.45) is 1.83. The minimum Gasteiger partial charge on any atom is -0.488 e. The second kappa shape index (κ2) is 8.59. The molecule has 0 N–H and O–H groups in total. The molecule has 4 rings (SSSR count). The van der Waals surface area contributed by atoms with Crippen molar-refractivity contribution in [1.82, 2.24) is 4.90 Å². The third-order valence-electron chi connectivity index (χ3n) is 4.82. The Hall–Kier alpha value is -2.32. The van der Waals surface area contributed by atoms with Gasteiger partial charge in [-0.25, -0.2) is 0 Å². The third kappa shape index (κ3) is 4.33. The maximum atomic E-state index is 11.2. The molecule has 9 heteroatoms. The Kier molecular flexibility index (Phi) is 5.91. The maximum absolute atomic E-state index is 11.2. The number of hydrogen-bond acceptors (Lipinski definition) is 6. The highest BCUT2D eigenvalue weighted by molar-refractivity contribution is 6.35. The van der Waals surface area contributed by atoms with Gasteiger partial charge < -0.3 is 14.2 Å². The summed E-state index contributed by atoms with van der Waals surface area (Å²) in [5.41, 5.74) is 0.813. The molecule has 2 heterocycles. The van der Waals surface area contributed by atoms with Crippen molar-refractivity contribution in [2.24, 2.45) is 0 Å². The molecule has 1 atom stereocenters. The molecule has 7 nitrogen and oxygen atoms in total. The highest BCUT2D eigenvalue weighted by Gasteiger charge is 2.36. The van der Waals surface area contributed by atoms with E-state index in [1.165, 1.54) is 6.07 Å². The molecule has 2 aromatic carbocycles. The van der Waals surface area contributed by atoms with Crippen molar-refractivity contribution < 1.29 is 19.1 Å². The summed E-state index contributed by atoms with van der Waals surface area (Å²) >= 11 is 12.1. The number of benzene rings is 2. The van der Waals surface area contributed by atoms with Gasteiger partial charge in [-0.05, 0) is 30.3 Å². The molecule has 0 bridgehead atoms. The fourth-order valence-electron chi connectivity index (χ4n) is 3.46. The summed E-state index contributed by atoms with van der Waals surface area (Å²) in [6, 6.07) is 9.46. The van der Waals surface area contributed by atoms with Crippen LogP contribution in [0.1, 0.15) is 11.6 Å². The molecule has 0 aromatic heterocycles. The molecule has 2 aliphatic heterocycles. The van der Waals surface area contributed by atoms with Crippen molar-refractivity contribution >= 4 is 28.9 Å². The highest BCUT2D eigenvalue weighted by Crippen LogP contribution is 2.44. The highest BCUT2D eigenvalue weighted by atomic mass is 35.5. The fourth-order valence-corrected chi connectivity index (χ4v) is 3.93. The van der Waals surface area contributed by atoms with Crippen LogP contribution in [0.3, 0.4) is 0 Å². The van der Waals surface area contributed by atoms with Crippen LogP contribution in [0.5, 0.6) is 11.5 Å². The van der Waals surface area contributed by atoms with Crippen LogP contribution in [-0.2, 0) is 4.74 Å². The average Bonchev–Trinajstić information content (AvgIpc) is 3.07. The Morgan fingerprint density at radius 3 is 2.72 bits per heavy atom. The summed E-state index contributed by atoms with van der Waals surface area (Å²) in [5.74, 6) is 1.80. The Morgan fingerprint density at radius 1 is 1.21 bits per heavy atom. The van der Waals surface area contributed by atoms with Gasteiger partial charge in [0.1, 0.15) is 23.9 Å². The van der Waals surface area contributed by atoms with Gasteiger partial charge in [-0.15, -0.1) is 0 Å². The first-order chi connectivity index (χ1) is 14.0. The molecule has 0 radical (unpaired) electrons. The smallest absolute Gasteiger partial charge is 0.270 e. The minimum atomic E-state index is -0.399. The quantitative estimate of drug-likeness (QED) is 0.502. The van der Waals surface area contributed by atoms with Crippen LogP contribution in [0.2, 0.25) is 10.0 Å². The third-order valence-corrected chi connectivity index (χ3v) is 5.35. The molecule has 0 unspecified atom stereocenters. The lowest BCUT2D eigenvalue weighted by Crippen LogP contribution is -2.39. The summed E-state index contributed by atoms with van der Waals surface area (Å²) in [6.45, 7) is 2.85. The van der Waals surface area contributed by atoms with Gasteiger partial charge in [0.05, 0.1) is 29.2 Å². The van der Waals surface area contributed by atoms with Crippen LogP contribution in [-0.4, -0.2) is 42.7 Å². The van der Waals surface area contributed by atoms with Crippen LogP contribution in [0, 0.1) is 10.1 Å². The number of fused-ring (bicyclic) bond motifs is 1.